The van der Waals surface area contributed by atoms with Crippen LogP contribution in [0.4, 0.5) is 19.0 Å². The summed E-state index contributed by atoms with van der Waals surface area (Å²) in [5.74, 6) is -2.99. The van der Waals surface area contributed by atoms with Crippen LogP contribution >= 0.6 is 11.6 Å². The second kappa shape index (κ2) is 12.7. The lowest BCUT2D eigenvalue weighted by Crippen LogP contribution is -2.42. The number of hydrogen-bond donors (Lipinski definition) is 2. The van der Waals surface area contributed by atoms with Crippen molar-refractivity contribution in [1.29, 1.82) is 0 Å². The Morgan fingerprint density at radius 3 is 2.43 bits per heavy atom. The Hall–Kier alpha value is -5.09. The maximum absolute atomic E-state index is 13.9. The third-order valence-corrected chi connectivity index (χ3v) is 8.12. The number of amides is 2. The third-order valence-electron chi connectivity index (χ3n) is 7.81. The maximum Gasteiger partial charge on any atom is 0.253 e. The minimum absolute atomic E-state index is 0.00562. The summed E-state index contributed by atoms with van der Waals surface area (Å²) < 4.78 is 47.3. The molecule has 3 aromatic carbocycles. The molecule has 0 saturated carbocycles. The van der Waals surface area contributed by atoms with Crippen LogP contribution in [0, 0.1) is 5.82 Å². The Morgan fingerprint density at radius 1 is 0.978 bits per heavy atom. The summed E-state index contributed by atoms with van der Waals surface area (Å²) in [6.45, 7) is 0.111. The molecule has 11 heteroatoms. The largest absolute Gasteiger partial charge is 0.459 e. The quantitative estimate of drug-likeness (QED) is 0.177. The van der Waals surface area contributed by atoms with E-state index in [1.54, 1.807) is 60.8 Å². The normalized spacial score (nSPS) is 14.6. The van der Waals surface area contributed by atoms with Crippen molar-refractivity contribution in [1.82, 2.24) is 15.2 Å². The first-order valence-corrected chi connectivity index (χ1v) is 14.9. The second-order valence-corrected chi connectivity index (χ2v) is 11.5. The molecular weight excluding hydrogens is 617 g/mol. The molecule has 234 valence electrons. The van der Waals surface area contributed by atoms with Gasteiger partial charge in [0.05, 0.1) is 11.6 Å². The van der Waals surface area contributed by atoms with Crippen LogP contribution in [-0.2, 0) is 11.3 Å². The highest BCUT2D eigenvalue weighted by atomic mass is 35.5. The van der Waals surface area contributed by atoms with Crippen LogP contribution in [0.25, 0.3) is 39.3 Å². The van der Waals surface area contributed by atoms with Crippen LogP contribution in [0.2, 0.25) is 5.02 Å². The number of carbonyl (C=O) groups excluding carboxylic acids is 2. The highest BCUT2D eigenvalue weighted by Crippen LogP contribution is 2.39. The molecular formula is C35H28ClF3N4O3. The van der Waals surface area contributed by atoms with Gasteiger partial charge in [0.15, 0.2) is 0 Å². The topological polar surface area (TPSA) is 101 Å². The molecule has 2 amide bonds. The van der Waals surface area contributed by atoms with Gasteiger partial charge in [-0.25, -0.2) is 18.2 Å². The number of aromatic nitrogens is 1. The predicted molar refractivity (Wildman–Crippen MR) is 172 cm³/mol. The van der Waals surface area contributed by atoms with Gasteiger partial charge in [-0.15, -0.1) is 0 Å². The molecule has 3 heterocycles. The number of rotatable bonds is 7. The van der Waals surface area contributed by atoms with E-state index in [1.165, 1.54) is 23.1 Å². The summed E-state index contributed by atoms with van der Waals surface area (Å²) in [5, 5.41) is 3.71. The van der Waals surface area contributed by atoms with Crippen LogP contribution in [0.3, 0.4) is 0 Å². The molecule has 6 rings (SSSR count). The summed E-state index contributed by atoms with van der Waals surface area (Å²) in [7, 11) is 0. The fourth-order valence-electron chi connectivity index (χ4n) is 5.31. The van der Waals surface area contributed by atoms with Crippen molar-refractivity contribution in [2.75, 3.05) is 18.8 Å². The molecule has 0 bridgehead atoms. The van der Waals surface area contributed by atoms with Crippen molar-refractivity contribution < 1.29 is 27.2 Å². The molecule has 7 nitrogen and oxygen atoms in total. The number of nitrogens with zero attached hydrogens (tertiary/aromatic N) is 2. The van der Waals surface area contributed by atoms with E-state index in [1.807, 2.05) is 12.1 Å². The summed E-state index contributed by atoms with van der Waals surface area (Å²) in [4.78, 5) is 30.9. The molecule has 3 N–H and O–H groups in total. The fourth-order valence-corrected chi connectivity index (χ4v) is 5.58. The van der Waals surface area contributed by atoms with Gasteiger partial charge in [0.1, 0.15) is 23.0 Å². The number of nitrogens with one attached hydrogen (secondary N) is 1. The van der Waals surface area contributed by atoms with Crippen molar-refractivity contribution in [3.63, 3.8) is 0 Å². The Balaban J connectivity index is 1.27. The zero-order valence-corrected chi connectivity index (χ0v) is 25.2. The zero-order chi connectivity index (χ0) is 32.4. The Labute approximate surface area is 267 Å². The predicted octanol–water partition coefficient (Wildman–Crippen LogP) is 7.74. The molecule has 0 aliphatic carbocycles. The number of nitrogen functional groups attached to an aromatic ring is 1. The number of furan rings is 1. The van der Waals surface area contributed by atoms with E-state index in [0.29, 0.717) is 33.9 Å². The summed E-state index contributed by atoms with van der Waals surface area (Å²) in [6, 6.07) is 20.0. The molecule has 46 heavy (non-hydrogen) atoms. The maximum atomic E-state index is 13.9. The number of halogens is 4. The molecule has 1 fully saturated rings. The number of likely N-dealkylation sites (tertiary alicyclic amines) is 1. The molecule has 0 radical (unpaired) electrons. The van der Waals surface area contributed by atoms with Gasteiger partial charge in [-0.1, -0.05) is 23.7 Å². The van der Waals surface area contributed by atoms with E-state index in [-0.39, 0.29) is 49.3 Å². The first kappa shape index (κ1) is 30.9. The second-order valence-electron chi connectivity index (χ2n) is 11.1. The molecule has 0 unspecified atom stereocenters. The third kappa shape index (κ3) is 6.92. The van der Waals surface area contributed by atoms with Crippen LogP contribution in [0.1, 0.15) is 34.5 Å². The number of fused-ring (bicyclic) bond motifs is 1. The highest BCUT2D eigenvalue weighted by molar-refractivity contribution is 6.33. The summed E-state index contributed by atoms with van der Waals surface area (Å²) >= 11 is 6.47. The SMILES string of the molecule is Nc1ccc(/C=C/C(=O)NCc2cc3cc(-c4ccc(C(=O)N5CCC(F)(F)CC5)cc4)cc(-c4ccc(F)cc4Cl)c3o2)cn1. The number of anilines is 1. The lowest BCUT2D eigenvalue weighted by Gasteiger charge is -2.31. The van der Waals surface area contributed by atoms with Gasteiger partial charge in [-0.05, 0) is 83.4 Å². The first-order valence-electron chi connectivity index (χ1n) is 14.5. The van der Waals surface area contributed by atoms with Crippen molar-refractivity contribution in [3.8, 4) is 22.3 Å². The van der Waals surface area contributed by atoms with Gasteiger partial charge in [-0.2, -0.15) is 0 Å². The number of carbonyl (C=O) groups is 2. The van der Waals surface area contributed by atoms with Gasteiger partial charge >= 0.3 is 0 Å². The average molecular weight is 645 g/mol. The van der Waals surface area contributed by atoms with Crippen LogP contribution < -0.4 is 11.1 Å². The summed E-state index contributed by atoms with van der Waals surface area (Å²) in [6.07, 6.45) is 3.86. The molecule has 0 atom stereocenters. The molecule has 2 aromatic heterocycles. The van der Waals surface area contributed by atoms with Gasteiger partial charge < -0.3 is 20.4 Å². The Kier molecular flexibility index (Phi) is 8.55. The Bertz CT molecular complexity index is 1950. The van der Waals surface area contributed by atoms with E-state index >= 15 is 0 Å². The first-order chi connectivity index (χ1) is 22.0. The average Bonchev–Trinajstić information content (AvgIpc) is 3.46. The number of piperidine rings is 1. The minimum atomic E-state index is -2.74. The highest BCUT2D eigenvalue weighted by Gasteiger charge is 2.35. The van der Waals surface area contributed by atoms with E-state index < -0.39 is 11.7 Å². The van der Waals surface area contributed by atoms with Gasteiger partial charge in [0.25, 0.3) is 11.8 Å². The van der Waals surface area contributed by atoms with Gasteiger partial charge in [-0.3, -0.25) is 9.59 Å². The van der Waals surface area contributed by atoms with Crippen molar-refractivity contribution >= 4 is 46.3 Å². The monoisotopic (exact) mass is 644 g/mol. The number of hydrogen-bond acceptors (Lipinski definition) is 5. The van der Waals surface area contributed by atoms with Crippen LogP contribution in [-0.4, -0.2) is 40.7 Å². The van der Waals surface area contributed by atoms with E-state index in [9.17, 15) is 22.8 Å². The van der Waals surface area contributed by atoms with E-state index in [0.717, 1.165) is 22.1 Å². The fraction of sp³-hybridized carbons (Fsp3) is 0.171. The van der Waals surface area contributed by atoms with E-state index in [4.69, 9.17) is 21.8 Å². The number of nitrogens with two attached hydrogens (primary N) is 1. The molecule has 1 aliphatic heterocycles. The number of benzene rings is 3. The summed E-state index contributed by atoms with van der Waals surface area (Å²) in [5.41, 5.74) is 9.93. The van der Waals surface area contributed by atoms with Crippen molar-refractivity contribution in [2.45, 2.75) is 25.3 Å². The van der Waals surface area contributed by atoms with Crippen molar-refractivity contribution in [2.24, 2.45) is 0 Å². The van der Waals surface area contributed by atoms with Gasteiger partial charge in [0, 0.05) is 60.3 Å². The molecule has 0 spiro atoms. The van der Waals surface area contributed by atoms with Crippen molar-refractivity contribution in [3.05, 3.63) is 113 Å². The number of alkyl halides is 2. The molecule has 1 aliphatic rings. The van der Waals surface area contributed by atoms with Gasteiger partial charge in [0.2, 0.25) is 5.91 Å². The Morgan fingerprint density at radius 2 is 1.74 bits per heavy atom. The number of pyridine rings is 1. The molecule has 5 aromatic rings. The standard InChI is InChI=1S/C35H28ClF3N4O3/c36-30-18-26(37)7-8-28(30)29-17-24(22-3-5-23(6-4-22)34(45)43-13-11-35(38,39)12-14-43)15-25-16-27(46-33(25)29)20-42-32(44)10-2-21-1-9-31(40)41-19-21/h1-10,15-19H,11-14,20H2,(H2,40,41)(H,42,44)/b10-2+. The lowest BCUT2D eigenvalue weighted by molar-refractivity contribution is -0.116. The van der Waals surface area contributed by atoms with Crippen LogP contribution in [0.15, 0.2) is 89.5 Å². The zero-order valence-electron chi connectivity index (χ0n) is 24.4. The smallest absolute Gasteiger partial charge is 0.253 e. The lowest BCUT2D eigenvalue weighted by atomic mass is 9.96. The van der Waals surface area contributed by atoms with Crippen LogP contribution in [0.5, 0.6) is 0 Å². The molecule has 1 saturated heterocycles. The minimum Gasteiger partial charge on any atom is -0.459 e. The van der Waals surface area contributed by atoms with E-state index in [2.05, 4.69) is 10.3 Å².